The van der Waals surface area contributed by atoms with Gasteiger partial charge in [-0.2, -0.15) is 0 Å². The van der Waals surface area contributed by atoms with Crippen molar-refractivity contribution in [3.8, 4) is 23.8 Å². The van der Waals surface area contributed by atoms with E-state index < -0.39 is 6.10 Å². The highest BCUT2D eigenvalue weighted by molar-refractivity contribution is 5.42. The molecule has 134 valence electrons. The Morgan fingerprint density at radius 3 is 2.54 bits per heavy atom. The Bertz CT molecular complexity index is 527. The van der Waals surface area contributed by atoms with Crippen LogP contribution in [0.1, 0.15) is 25.8 Å². The number of hydrogen-bond donors (Lipinski definition) is 1. The second-order valence-corrected chi connectivity index (χ2v) is 5.75. The van der Waals surface area contributed by atoms with Gasteiger partial charge in [-0.25, -0.2) is 0 Å². The molecule has 0 heterocycles. The summed E-state index contributed by atoms with van der Waals surface area (Å²) in [5.74, 6) is 3.81. The maximum atomic E-state index is 10.2. The Labute approximate surface area is 145 Å². The summed E-state index contributed by atoms with van der Waals surface area (Å²) >= 11 is 0. The topological polar surface area (TPSA) is 51.2 Å². The zero-order valence-corrected chi connectivity index (χ0v) is 15.1. The molecule has 24 heavy (non-hydrogen) atoms. The number of benzene rings is 1. The van der Waals surface area contributed by atoms with Gasteiger partial charge in [-0.05, 0) is 31.0 Å². The summed E-state index contributed by atoms with van der Waals surface area (Å²) in [6.45, 7) is 5.97. The Kier molecular flexibility index (Phi) is 9.24. The summed E-state index contributed by atoms with van der Waals surface area (Å²) in [5, 5.41) is 10.2. The van der Waals surface area contributed by atoms with Crippen LogP contribution in [-0.4, -0.2) is 56.1 Å². The molecule has 0 aliphatic rings. The van der Waals surface area contributed by atoms with Gasteiger partial charge in [0.2, 0.25) is 0 Å². The van der Waals surface area contributed by atoms with E-state index in [-0.39, 0.29) is 13.2 Å². The SMILES string of the molecule is C#CCOC[C@@H](O)CN(Cc1ccc(OC)c(OC)c1)[C@H](C)CC. The van der Waals surface area contributed by atoms with Gasteiger partial charge in [0.1, 0.15) is 6.61 Å². The fourth-order valence-electron chi connectivity index (χ4n) is 2.45. The van der Waals surface area contributed by atoms with E-state index in [1.807, 2.05) is 18.2 Å². The number of aliphatic hydroxyl groups is 1. The van der Waals surface area contributed by atoms with Crippen LogP contribution in [-0.2, 0) is 11.3 Å². The molecular formula is C19H29NO4. The van der Waals surface area contributed by atoms with Gasteiger partial charge in [0.05, 0.1) is 26.9 Å². The molecule has 0 unspecified atom stereocenters. The van der Waals surface area contributed by atoms with Crippen molar-refractivity contribution in [1.29, 1.82) is 0 Å². The number of methoxy groups -OCH3 is 2. The fourth-order valence-corrected chi connectivity index (χ4v) is 2.45. The maximum Gasteiger partial charge on any atom is 0.161 e. The zero-order chi connectivity index (χ0) is 17.9. The average molecular weight is 335 g/mol. The Morgan fingerprint density at radius 2 is 1.96 bits per heavy atom. The molecule has 0 bridgehead atoms. The van der Waals surface area contributed by atoms with Crippen LogP contribution in [0.25, 0.3) is 0 Å². The smallest absolute Gasteiger partial charge is 0.161 e. The summed E-state index contributed by atoms with van der Waals surface area (Å²) in [7, 11) is 3.25. The number of rotatable bonds is 11. The summed E-state index contributed by atoms with van der Waals surface area (Å²) < 4.78 is 15.9. The zero-order valence-electron chi connectivity index (χ0n) is 15.1. The van der Waals surface area contributed by atoms with Crippen LogP contribution < -0.4 is 9.47 Å². The molecule has 0 fully saturated rings. The molecule has 0 spiro atoms. The van der Waals surface area contributed by atoms with Crippen molar-refractivity contribution in [2.45, 2.75) is 39.0 Å². The van der Waals surface area contributed by atoms with Gasteiger partial charge in [-0.3, -0.25) is 4.90 Å². The molecule has 0 saturated heterocycles. The Balaban J connectivity index is 2.77. The lowest BCUT2D eigenvalue weighted by molar-refractivity contribution is 0.0170. The Hall–Kier alpha value is -1.74. The number of aliphatic hydroxyl groups excluding tert-OH is 1. The highest BCUT2D eigenvalue weighted by Gasteiger charge is 2.18. The molecule has 0 aliphatic heterocycles. The Morgan fingerprint density at radius 1 is 1.25 bits per heavy atom. The van der Waals surface area contributed by atoms with Gasteiger partial charge in [0.25, 0.3) is 0 Å². The minimum atomic E-state index is -0.576. The van der Waals surface area contributed by atoms with Crippen molar-refractivity contribution in [3.63, 3.8) is 0 Å². The summed E-state index contributed by atoms with van der Waals surface area (Å²) in [4.78, 5) is 2.23. The first-order valence-corrected chi connectivity index (χ1v) is 8.19. The van der Waals surface area contributed by atoms with Gasteiger partial charge in [0.15, 0.2) is 11.5 Å². The highest BCUT2D eigenvalue weighted by atomic mass is 16.5. The number of terminal acetylenes is 1. The molecule has 1 aromatic rings. The molecule has 1 rings (SSSR count). The molecule has 1 N–H and O–H groups in total. The molecule has 0 aliphatic carbocycles. The quantitative estimate of drug-likeness (QED) is 0.497. The first kappa shape index (κ1) is 20.3. The van der Waals surface area contributed by atoms with Crippen LogP contribution >= 0.6 is 0 Å². The van der Waals surface area contributed by atoms with Gasteiger partial charge < -0.3 is 19.3 Å². The second-order valence-electron chi connectivity index (χ2n) is 5.75. The molecule has 0 saturated carbocycles. The van der Waals surface area contributed by atoms with E-state index in [2.05, 4.69) is 24.7 Å². The van der Waals surface area contributed by atoms with Crippen molar-refractivity contribution < 1.29 is 19.3 Å². The van der Waals surface area contributed by atoms with Crippen LogP contribution in [0, 0.1) is 12.3 Å². The average Bonchev–Trinajstić information content (AvgIpc) is 2.60. The van der Waals surface area contributed by atoms with E-state index in [0.717, 1.165) is 12.0 Å². The third-order valence-corrected chi connectivity index (χ3v) is 3.99. The number of nitrogens with zero attached hydrogens (tertiary/aromatic N) is 1. The highest BCUT2D eigenvalue weighted by Crippen LogP contribution is 2.28. The van der Waals surface area contributed by atoms with E-state index >= 15 is 0 Å². The lowest BCUT2D eigenvalue weighted by atomic mass is 10.1. The van der Waals surface area contributed by atoms with Crippen LogP contribution in [0.5, 0.6) is 11.5 Å². The number of hydrogen-bond acceptors (Lipinski definition) is 5. The first-order valence-electron chi connectivity index (χ1n) is 8.19. The van der Waals surface area contributed by atoms with E-state index in [1.54, 1.807) is 14.2 Å². The monoisotopic (exact) mass is 335 g/mol. The molecule has 0 aromatic heterocycles. The second kappa shape index (κ2) is 10.9. The minimum absolute atomic E-state index is 0.218. The molecule has 5 heteroatoms. The molecule has 5 nitrogen and oxygen atoms in total. The molecule has 1 aromatic carbocycles. The van der Waals surface area contributed by atoms with Crippen LogP contribution in [0.2, 0.25) is 0 Å². The third-order valence-electron chi connectivity index (χ3n) is 3.99. The predicted octanol–water partition coefficient (Wildman–Crippen LogP) is 2.32. The summed E-state index contributed by atoms with van der Waals surface area (Å²) in [6, 6.07) is 6.21. The van der Waals surface area contributed by atoms with Crippen LogP contribution in [0.4, 0.5) is 0 Å². The largest absolute Gasteiger partial charge is 0.493 e. The predicted molar refractivity (Wildman–Crippen MR) is 95.4 cm³/mol. The van der Waals surface area contributed by atoms with Crippen molar-refractivity contribution >= 4 is 0 Å². The van der Waals surface area contributed by atoms with Crippen molar-refractivity contribution in [1.82, 2.24) is 4.90 Å². The lowest BCUT2D eigenvalue weighted by Crippen LogP contribution is -2.40. The molecule has 0 radical (unpaired) electrons. The van der Waals surface area contributed by atoms with Gasteiger partial charge in [-0.15, -0.1) is 6.42 Å². The normalized spacial score (nSPS) is 13.4. The van der Waals surface area contributed by atoms with Gasteiger partial charge in [-0.1, -0.05) is 18.9 Å². The molecular weight excluding hydrogens is 306 g/mol. The van der Waals surface area contributed by atoms with Crippen molar-refractivity contribution in [2.75, 3.05) is 34.0 Å². The standard InChI is InChI=1S/C19H29NO4/c1-6-10-24-14-17(21)13-20(15(3)7-2)12-16-8-9-18(22-4)19(11-16)23-5/h1,8-9,11,15,17,21H,7,10,12-14H2,2-5H3/t15-,17+/m1/s1. The number of ether oxygens (including phenoxy) is 3. The van der Waals surface area contributed by atoms with E-state index in [4.69, 9.17) is 20.6 Å². The third kappa shape index (κ3) is 6.40. The van der Waals surface area contributed by atoms with E-state index in [9.17, 15) is 5.11 Å². The van der Waals surface area contributed by atoms with E-state index in [1.165, 1.54) is 0 Å². The first-order chi connectivity index (χ1) is 11.5. The van der Waals surface area contributed by atoms with Crippen LogP contribution in [0.15, 0.2) is 18.2 Å². The summed E-state index contributed by atoms with van der Waals surface area (Å²) in [6.07, 6.45) is 5.56. The van der Waals surface area contributed by atoms with E-state index in [0.29, 0.717) is 30.6 Å². The van der Waals surface area contributed by atoms with Crippen molar-refractivity contribution in [3.05, 3.63) is 23.8 Å². The van der Waals surface area contributed by atoms with Gasteiger partial charge >= 0.3 is 0 Å². The van der Waals surface area contributed by atoms with Crippen molar-refractivity contribution in [2.24, 2.45) is 0 Å². The fraction of sp³-hybridized carbons (Fsp3) is 0.579. The van der Waals surface area contributed by atoms with Crippen LogP contribution in [0.3, 0.4) is 0 Å². The molecule has 2 atom stereocenters. The summed E-state index contributed by atoms with van der Waals surface area (Å²) in [5.41, 5.74) is 1.10. The minimum Gasteiger partial charge on any atom is -0.493 e. The molecule has 0 amide bonds. The van der Waals surface area contributed by atoms with Gasteiger partial charge in [0, 0.05) is 19.1 Å². The maximum absolute atomic E-state index is 10.2. The lowest BCUT2D eigenvalue weighted by Gasteiger charge is -2.30.